The SMILES string of the molecule is COC(=O)CC=Cc1cnc(F)cc1C. The zero-order chi connectivity index (χ0) is 11.3. The van der Waals surface area contributed by atoms with Gasteiger partial charge in [-0.1, -0.05) is 12.2 Å². The van der Waals surface area contributed by atoms with Crippen LogP contribution in [0.5, 0.6) is 0 Å². The van der Waals surface area contributed by atoms with Crippen LogP contribution in [-0.4, -0.2) is 18.1 Å². The maximum Gasteiger partial charge on any atom is 0.309 e. The monoisotopic (exact) mass is 209 g/mol. The first kappa shape index (κ1) is 11.4. The summed E-state index contributed by atoms with van der Waals surface area (Å²) < 4.78 is 17.1. The number of halogens is 1. The second-order valence-corrected chi connectivity index (χ2v) is 3.05. The van der Waals surface area contributed by atoms with Crippen molar-refractivity contribution in [1.29, 1.82) is 0 Å². The van der Waals surface area contributed by atoms with E-state index < -0.39 is 5.95 Å². The van der Waals surface area contributed by atoms with Crippen molar-refractivity contribution in [2.75, 3.05) is 7.11 Å². The molecule has 0 aromatic carbocycles. The van der Waals surface area contributed by atoms with Crippen molar-refractivity contribution in [2.45, 2.75) is 13.3 Å². The van der Waals surface area contributed by atoms with Crippen molar-refractivity contribution in [2.24, 2.45) is 0 Å². The lowest BCUT2D eigenvalue weighted by atomic mass is 10.1. The number of esters is 1. The topological polar surface area (TPSA) is 39.2 Å². The molecule has 0 N–H and O–H groups in total. The molecule has 0 aliphatic rings. The van der Waals surface area contributed by atoms with Crippen molar-refractivity contribution in [3.8, 4) is 0 Å². The van der Waals surface area contributed by atoms with E-state index in [1.807, 2.05) is 0 Å². The van der Waals surface area contributed by atoms with Gasteiger partial charge in [0.05, 0.1) is 13.5 Å². The molecule has 0 spiro atoms. The van der Waals surface area contributed by atoms with Crippen LogP contribution in [0.1, 0.15) is 17.5 Å². The minimum Gasteiger partial charge on any atom is -0.469 e. The van der Waals surface area contributed by atoms with E-state index in [0.717, 1.165) is 11.1 Å². The van der Waals surface area contributed by atoms with Crippen LogP contribution in [0, 0.1) is 12.9 Å². The zero-order valence-corrected chi connectivity index (χ0v) is 8.66. The molecule has 0 fully saturated rings. The Labute approximate surface area is 87.6 Å². The molecule has 0 radical (unpaired) electrons. The zero-order valence-electron chi connectivity index (χ0n) is 8.66. The van der Waals surface area contributed by atoms with Crippen LogP contribution < -0.4 is 0 Å². The maximum absolute atomic E-state index is 12.6. The minimum atomic E-state index is -0.502. The molecule has 1 aromatic heterocycles. The number of ether oxygens (including phenoxy) is 1. The fraction of sp³-hybridized carbons (Fsp3) is 0.273. The summed E-state index contributed by atoms with van der Waals surface area (Å²) in [7, 11) is 1.33. The molecule has 1 rings (SSSR count). The van der Waals surface area contributed by atoms with Crippen LogP contribution in [0.15, 0.2) is 18.3 Å². The van der Waals surface area contributed by atoms with Crippen LogP contribution in [0.4, 0.5) is 4.39 Å². The second kappa shape index (κ2) is 5.24. The van der Waals surface area contributed by atoms with Crippen LogP contribution >= 0.6 is 0 Å². The number of aryl methyl sites for hydroxylation is 1. The number of carbonyl (C=O) groups is 1. The van der Waals surface area contributed by atoms with Crippen LogP contribution in [-0.2, 0) is 9.53 Å². The summed E-state index contributed by atoms with van der Waals surface area (Å²) in [5, 5.41) is 0. The Morgan fingerprint density at radius 3 is 3.00 bits per heavy atom. The number of aromatic nitrogens is 1. The average molecular weight is 209 g/mol. The third kappa shape index (κ3) is 3.50. The van der Waals surface area contributed by atoms with Gasteiger partial charge in [0.25, 0.3) is 0 Å². The van der Waals surface area contributed by atoms with Gasteiger partial charge in [0.2, 0.25) is 5.95 Å². The fourth-order valence-electron chi connectivity index (χ4n) is 1.07. The predicted octanol–water partition coefficient (Wildman–Crippen LogP) is 2.11. The fourth-order valence-corrected chi connectivity index (χ4v) is 1.07. The Hall–Kier alpha value is -1.71. The third-order valence-corrected chi connectivity index (χ3v) is 1.93. The van der Waals surface area contributed by atoms with Crippen molar-refractivity contribution in [3.63, 3.8) is 0 Å². The van der Waals surface area contributed by atoms with Crippen LogP contribution in [0.2, 0.25) is 0 Å². The van der Waals surface area contributed by atoms with Crippen LogP contribution in [0.25, 0.3) is 6.08 Å². The van der Waals surface area contributed by atoms with E-state index in [0.29, 0.717) is 0 Å². The lowest BCUT2D eigenvalue weighted by molar-refractivity contribution is -0.139. The van der Waals surface area contributed by atoms with Gasteiger partial charge in [0, 0.05) is 6.20 Å². The number of pyridine rings is 1. The second-order valence-electron chi connectivity index (χ2n) is 3.05. The molecule has 0 aliphatic heterocycles. The van der Waals surface area contributed by atoms with Gasteiger partial charge in [-0.2, -0.15) is 4.39 Å². The molecule has 1 aromatic rings. The number of rotatable bonds is 3. The molecule has 0 aliphatic carbocycles. The lowest BCUT2D eigenvalue weighted by Crippen LogP contribution is -1.96. The summed E-state index contributed by atoms with van der Waals surface area (Å²) in [6.45, 7) is 1.78. The Bertz CT molecular complexity index is 388. The molecule has 0 unspecified atom stereocenters. The van der Waals surface area contributed by atoms with Gasteiger partial charge in [-0.05, 0) is 24.1 Å². The maximum atomic E-state index is 12.6. The number of methoxy groups -OCH3 is 1. The normalized spacial score (nSPS) is 10.6. The standard InChI is InChI=1S/C11H12FNO2/c1-8-6-10(12)13-7-9(8)4-3-5-11(14)15-2/h3-4,6-7H,5H2,1-2H3. The van der Waals surface area contributed by atoms with E-state index in [4.69, 9.17) is 0 Å². The number of hydrogen-bond acceptors (Lipinski definition) is 3. The summed E-state index contributed by atoms with van der Waals surface area (Å²) in [5.41, 5.74) is 1.57. The van der Waals surface area contributed by atoms with E-state index in [1.165, 1.54) is 19.4 Å². The first-order valence-corrected chi connectivity index (χ1v) is 4.49. The van der Waals surface area contributed by atoms with Gasteiger partial charge in [-0.15, -0.1) is 0 Å². The van der Waals surface area contributed by atoms with E-state index in [1.54, 1.807) is 19.1 Å². The van der Waals surface area contributed by atoms with Crippen molar-refractivity contribution >= 4 is 12.0 Å². The van der Waals surface area contributed by atoms with Gasteiger partial charge < -0.3 is 4.74 Å². The Balaban J connectivity index is 2.68. The van der Waals surface area contributed by atoms with Crippen LogP contribution in [0.3, 0.4) is 0 Å². The highest BCUT2D eigenvalue weighted by Crippen LogP contribution is 2.09. The molecule has 1 heterocycles. The molecule has 0 amide bonds. The quantitative estimate of drug-likeness (QED) is 0.565. The summed E-state index contributed by atoms with van der Waals surface area (Å²) in [6, 6.07) is 1.35. The first-order chi connectivity index (χ1) is 7.13. The summed E-state index contributed by atoms with van der Waals surface area (Å²) in [6.07, 6.45) is 5.01. The lowest BCUT2D eigenvalue weighted by Gasteiger charge is -1.98. The predicted molar refractivity (Wildman–Crippen MR) is 54.6 cm³/mol. The molecule has 0 saturated carbocycles. The first-order valence-electron chi connectivity index (χ1n) is 4.49. The molecule has 0 atom stereocenters. The van der Waals surface area contributed by atoms with Gasteiger partial charge >= 0.3 is 5.97 Å². The van der Waals surface area contributed by atoms with Gasteiger partial charge in [-0.3, -0.25) is 4.79 Å². The van der Waals surface area contributed by atoms with E-state index >= 15 is 0 Å². The molecule has 0 saturated heterocycles. The summed E-state index contributed by atoms with van der Waals surface area (Å²) >= 11 is 0. The molecule has 0 bridgehead atoms. The van der Waals surface area contributed by atoms with E-state index in [2.05, 4.69) is 9.72 Å². The van der Waals surface area contributed by atoms with Gasteiger partial charge in [0.15, 0.2) is 0 Å². The largest absolute Gasteiger partial charge is 0.469 e. The Morgan fingerprint density at radius 2 is 2.40 bits per heavy atom. The number of hydrogen-bond donors (Lipinski definition) is 0. The highest BCUT2D eigenvalue weighted by Gasteiger charge is 1.98. The van der Waals surface area contributed by atoms with Gasteiger partial charge in [-0.25, -0.2) is 4.98 Å². The average Bonchev–Trinajstić information content (AvgIpc) is 2.21. The molecule has 80 valence electrons. The van der Waals surface area contributed by atoms with E-state index in [-0.39, 0.29) is 12.4 Å². The summed E-state index contributed by atoms with van der Waals surface area (Å²) in [5.74, 6) is -0.809. The number of carbonyl (C=O) groups excluding carboxylic acids is 1. The Kier molecular flexibility index (Phi) is 3.97. The molecule has 4 heteroatoms. The van der Waals surface area contributed by atoms with Crippen molar-refractivity contribution in [3.05, 3.63) is 35.4 Å². The number of nitrogens with zero attached hydrogens (tertiary/aromatic N) is 1. The van der Waals surface area contributed by atoms with Crippen molar-refractivity contribution < 1.29 is 13.9 Å². The Morgan fingerprint density at radius 1 is 1.67 bits per heavy atom. The third-order valence-electron chi connectivity index (χ3n) is 1.93. The minimum absolute atomic E-state index is 0.202. The smallest absolute Gasteiger partial charge is 0.309 e. The molecule has 15 heavy (non-hydrogen) atoms. The van der Waals surface area contributed by atoms with Gasteiger partial charge in [0.1, 0.15) is 0 Å². The van der Waals surface area contributed by atoms with Crippen molar-refractivity contribution in [1.82, 2.24) is 4.98 Å². The molecule has 3 nitrogen and oxygen atoms in total. The molecular formula is C11H12FNO2. The highest BCUT2D eigenvalue weighted by atomic mass is 19.1. The molecular weight excluding hydrogens is 197 g/mol. The highest BCUT2D eigenvalue weighted by molar-refractivity contribution is 5.72. The van der Waals surface area contributed by atoms with E-state index in [9.17, 15) is 9.18 Å². The summed E-state index contributed by atoms with van der Waals surface area (Å²) in [4.78, 5) is 14.3.